The maximum Gasteiger partial charge on any atom is 0.277 e. The monoisotopic (exact) mass is 430 g/mol. The normalized spacial score (nSPS) is 26.7. The molecule has 2 saturated carbocycles. The predicted molar refractivity (Wildman–Crippen MR) is 110 cm³/mol. The smallest absolute Gasteiger partial charge is 0.277 e. The molecule has 3 aliphatic rings. The summed E-state index contributed by atoms with van der Waals surface area (Å²) in [5.41, 5.74) is 2.32. The largest absolute Gasteiger partial charge is 0.331 e. The Morgan fingerprint density at radius 2 is 2.07 bits per heavy atom. The highest BCUT2D eigenvalue weighted by atomic mass is 32.2. The summed E-state index contributed by atoms with van der Waals surface area (Å²) < 4.78 is 28.4. The maximum atomic E-state index is 13.1. The van der Waals surface area contributed by atoms with Crippen LogP contribution in [0.15, 0.2) is 11.0 Å². The van der Waals surface area contributed by atoms with E-state index in [2.05, 4.69) is 11.2 Å². The Hall–Kier alpha value is -2.22. The van der Waals surface area contributed by atoms with Gasteiger partial charge >= 0.3 is 0 Å². The van der Waals surface area contributed by atoms with Gasteiger partial charge in [-0.3, -0.25) is 4.79 Å². The van der Waals surface area contributed by atoms with Crippen molar-refractivity contribution in [3.05, 3.63) is 33.4 Å². The molecule has 3 fully saturated rings. The van der Waals surface area contributed by atoms with Crippen LogP contribution in [0.4, 0.5) is 0 Å². The summed E-state index contributed by atoms with van der Waals surface area (Å²) in [6.07, 6.45) is 5.43. The van der Waals surface area contributed by atoms with Crippen LogP contribution in [0.25, 0.3) is 5.65 Å². The van der Waals surface area contributed by atoms with Gasteiger partial charge in [-0.1, -0.05) is 13.8 Å². The van der Waals surface area contributed by atoms with Gasteiger partial charge in [-0.05, 0) is 43.4 Å². The van der Waals surface area contributed by atoms with E-state index in [0.717, 1.165) is 31.4 Å². The predicted octanol–water partition coefficient (Wildman–Crippen LogP) is 1.28. The minimum atomic E-state index is -3.67. The second kappa shape index (κ2) is 6.64. The van der Waals surface area contributed by atoms with Gasteiger partial charge in [0.25, 0.3) is 15.8 Å². The summed E-state index contributed by atoms with van der Waals surface area (Å²) >= 11 is 0. The van der Waals surface area contributed by atoms with Crippen molar-refractivity contribution in [3.63, 3.8) is 0 Å². The van der Waals surface area contributed by atoms with Crippen LogP contribution in [0, 0.1) is 23.2 Å². The molecule has 2 N–H and O–H groups in total. The summed E-state index contributed by atoms with van der Waals surface area (Å²) in [6, 6.07) is 2.24. The van der Waals surface area contributed by atoms with Gasteiger partial charge in [-0.15, -0.1) is 0 Å². The first kappa shape index (κ1) is 19.7. The van der Waals surface area contributed by atoms with Gasteiger partial charge in [0.15, 0.2) is 5.65 Å². The summed E-state index contributed by atoms with van der Waals surface area (Å²) in [4.78, 5) is 13.1. The molecule has 10 heteroatoms. The lowest BCUT2D eigenvalue weighted by Crippen LogP contribution is -2.44. The number of piperidine rings is 1. The molecule has 2 aromatic rings. The van der Waals surface area contributed by atoms with E-state index in [0.29, 0.717) is 29.9 Å². The number of fused-ring (bicyclic) bond motifs is 3. The molecule has 3 heterocycles. The lowest BCUT2D eigenvalue weighted by atomic mass is 9.95. The van der Waals surface area contributed by atoms with Crippen LogP contribution >= 0.6 is 0 Å². The van der Waals surface area contributed by atoms with Crippen molar-refractivity contribution in [2.24, 2.45) is 17.0 Å². The van der Waals surface area contributed by atoms with Crippen molar-refractivity contribution in [2.75, 3.05) is 6.54 Å². The lowest BCUT2D eigenvalue weighted by molar-refractivity contribution is 0.242. The van der Waals surface area contributed by atoms with Crippen molar-refractivity contribution >= 4 is 15.9 Å². The number of nitrogens with two attached hydrogens (primary N) is 1. The minimum Gasteiger partial charge on any atom is -0.331 e. The number of hydrogen-bond acceptors (Lipinski definition) is 5. The van der Waals surface area contributed by atoms with Crippen molar-refractivity contribution in [1.29, 1.82) is 5.26 Å². The molecule has 0 aromatic carbocycles. The molecule has 1 saturated heterocycles. The first-order valence-electron chi connectivity index (χ1n) is 10.5. The summed E-state index contributed by atoms with van der Waals surface area (Å²) in [6.45, 7) is 5.03. The Morgan fingerprint density at radius 3 is 2.60 bits per heavy atom. The SMILES string of the molecule is CC(C)c1cn(C[C@H]2C[C@H]3C[C@@H]2CN3S(N)(=O)=O)c2c(C#N)c(C3CC3)nn2c1=O. The molecule has 2 aromatic heterocycles. The highest BCUT2D eigenvalue weighted by Crippen LogP contribution is 2.44. The minimum absolute atomic E-state index is 0.0326. The summed E-state index contributed by atoms with van der Waals surface area (Å²) in [7, 11) is -3.67. The molecule has 2 aliphatic carbocycles. The van der Waals surface area contributed by atoms with E-state index in [-0.39, 0.29) is 35.3 Å². The fourth-order valence-electron chi connectivity index (χ4n) is 5.33. The molecule has 0 unspecified atom stereocenters. The molecule has 0 radical (unpaired) electrons. The Balaban J connectivity index is 1.57. The average Bonchev–Trinajstić information content (AvgIpc) is 3.14. The van der Waals surface area contributed by atoms with E-state index in [1.165, 1.54) is 8.82 Å². The van der Waals surface area contributed by atoms with Crippen molar-refractivity contribution in [3.8, 4) is 6.07 Å². The zero-order valence-corrected chi connectivity index (χ0v) is 18.0. The van der Waals surface area contributed by atoms with Gasteiger partial charge in [0.2, 0.25) is 0 Å². The van der Waals surface area contributed by atoms with E-state index in [9.17, 15) is 18.5 Å². The fraction of sp³-hybridized carbons (Fsp3) is 0.650. The number of aromatic nitrogens is 3. The van der Waals surface area contributed by atoms with Gasteiger partial charge in [-0.25, -0.2) is 5.14 Å². The second-order valence-corrected chi connectivity index (χ2v) is 10.8. The summed E-state index contributed by atoms with van der Waals surface area (Å²) in [5.74, 6) is 0.794. The van der Waals surface area contributed by atoms with E-state index < -0.39 is 10.2 Å². The van der Waals surface area contributed by atoms with Crippen LogP contribution < -0.4 is 10.7 Å². The molecule has 9 nitrogen and oxygen atoms in total. The number of hydrogen-bond donors (Lipinski definition) is 1. The Bertz CT molecular complexity index is 1230. The Labute approximate surface area is 175 Å². The third kappa shape index (κ3) is 2.99. The quantitative estimate of drug-likeness (QED) is 0.765. The third-order valence-corrected chi connectivity index (χ3v) is 8.09. The molecule has 0 spiro atoms. The van der Waals surface area contributed by atoms with Crippen LogP contribution in [-0.4, -0.2) is 39.5 Å². The zero-order chi connectivity index (χ0) is 21.4. The van der Waals surface area contributed by atoms with Gasteiger partial charge in [0, 0.05) is 36.8 Å². The number of nitrogens with zero attached hydrogens (tertiary/aromatic N) is 5. The fourth-order valence-corrected chi connectivity index (χ4v) is 6.32. The van der Waals surface area contributed by atoms with Gasteiger partial charge in [-0.2, -0.15) is 27.6 Å². The van der Waals surface area contributed by atoms with Gasteiger partial charge in [0.05, 0.1) is 5.69 Å². The van der Waals surface area contributed by atoms with Crippen molar-refractivity contribution in [2.45, 2.75) is 64.0 Å². The molecule has 30 heavy (non-hydrogen) atoms. The van der Waals surface area contributed by atoms with E-state index in [4.69, 9.17) is 5.14 Å². The Morgan fingerprint density at radius 1 is 1.33 bits per heavy atom. The van der Waals surface area contributed by atoms with E-state index in [1.54, 1.807) is 0 Å². The molecular weight excluding hydrogens is 404 g/mol. The van der Waals surface area contributed by atoms with Gasteiger partial charge in [0.1, 0.15) is 11.6 Å². The molecule has 1 aliphatic heterocycles. The van der Waals surface area contributed by atoms with E-state index in [1.807, 2.05) is 24.6 Å². The third-order valence-electron chi connectivity index (χ3n) is 6.99. The molecule has 2 bridgehead atoms. The average molecular weight is 431 g/mol. The van der Waals surface area contributed by atoms with Crippen LogP contribution in [0.5, 0.6) is 0 Å². The summed E-state index contributed by atoms with van der Waals surface area (Å²) in [5, 5.41) is 19.8. The standard InChI is InChI=1S/C20H26N6O3S/c1-11(2)17-10-24(8-13-5-15-6-14(13)9-25(15)30(22,28)29)19-16(7-21)18(12-3-4-12)23-26(19)20(17)27/h10-15H,3-6,8-9H2,1-2H3,(H2,22,28,29)/t13-,14-,15+/m1/s1. The Kier molecular flexibility index (Phi) is 4.36. The van der Waals surface area contributed by atoms with E-state index >= 15 is 0 Å². The number of nitriles is 1. The first-order valence-corrected chi connectivity index (χ1v) is 12.0. The van der Waals surface area contributed by atoms with Crippen molar-refractivity contribution < 1.29 is 8.42 Å². The van der Waals surface area contributed by atoms with Crippen LogP contribution in [0.2, 0.25) is 0 Å². The first-order chi connectivity index (χ1) is 14.2. The lowest BCUT2D eigenvalue weighted by Gasteiger charge is -2.30. The second-order valence-electron chi connectivity index (χ2n) is 9.34. The van der Waals surface area contributed by atoms with Crippen LogP contribution in [-0.2, 0) is 16.8 Å². The zero-order valence-electron chi connectivity index (χ0n) is 17.2. The highest BCUT2D eigenvalue weighted by Gasteiger charge is 2.48. The maximum absolute atomic E-state index is 13.1. The van der Waals surface area contributed by atoms with Gasteiger partial charge < -0.3 is 4.57 Å². The van der Waals surface area contributed by atoms with Crippen LogP contribution in [0.3, 0.4) is 0 Å². The molecule has 5 rings (SSSR count). The molecule has 160 valence electrons. The number of rotatable bonds is 5. The van der Waals surface area contributed by atoms with Crippen LogP contribution in [0.1, 0.15) is 68.2 Å². The highest BCUT2D eigenvalue weighted by molar-refractivity contribution is 7.86. The van der Waals surface area contributed by atoms with Crippen molar-refractivity contribution in [1.82, 2.24) is 18.5 Å². The topological polar surface area (TPSA) is 126 Å². The molecular formula is C20H26N6O3S. The molecule has 3 atom stereocenters. The molecule has 0 amide bonds.